The highest BCUT2D eigenvalue weighted by Gasteiger charge is 2.10. The highest BCUT2D eigenvalue weighted by molar-refractivity contribution is 7.14. The van der Waals surface area contributed by atoms with E-state index in [1.165, 1.54) is 11.3 Å². The van der Waals surface area contributed by atoms with Crippen LogP contribution in [0.4, 0.5) is 0 Å². The number of rotatable bonds is 10. The van der Waals surface area contributed by atoms with E-state index in [0.717, 1.165) is 17.7 Å². The molecule has 6 heteroatoms. The van der Waals surface area contributed by atoms with Gasteiger partial charge in [0.1, 0.15) is 0 Å². The first-order chi connectivity index (χ1) is 9.88. The van der Waals surface area contributed by atoms with Crippen LogP contribution in [0, 0.1) is 5.92 Å². The van der Waals surface area contributed by atoms with Crippen molar-refractivity contribution in [1.29, 1.82) is 0 Å². The third kappa shape index (κ3) is 7.04. The van der Waals surface area contributed by atoms with Crippen molar-refractivity contribution < 1.29 is 24.6 Å². The SMILES string of the molecule is C[C@H](CCc1ccc(C(=O)CCCC(=O)[O-])s1)CC(=O)[O-]. The van der Waals surface area contributed by atoms with Gasteiger partial charge in [0.15, 0.2) is 5.78 Å². The fraction of sp³-hybridized carbons (Fsp3) is 0.533. The van der Waals surface area contributed by atoms with Crippen molar-refractivity contribution in [3.63, 3.8) is 0 Å². The molecule has 21 heavy (non-hydrogen) atoms. The third-order valence-corrected chi connectivity index (χ3v) is 4.31. The molecule has 0 unspecified atom stereocenters. The van der Waals surface area contributed by atoms with Crippen LogP contribution in [0.15, 0.2) is 12.1 Å². The molecule has 0 aliphatic carbocycles. The number of aryl methyl sites for hydroxylation is 1. The van der Waals surface area contributed by atoms with Gasteiger partial charge in [-0.05, 0) is 50.2 Å². The average Bonchev–Trinajstić information content (AvgIpc) is 2.83. The van der Waals surface area contributed by atoms with Crippen LogP contribution in [-0.2, 0) is 16.0 Å². The van der Waals surface area contributed by atoms with Gasteiger partial charge >= 0.3 is 0 Å². The average molecular weight is 310 g/mol. The minimum atomic E-state index is -1.14. The topological polar surface area (TPSA) is 97.3 Å². The van der Waals surface area contributed by atoms with Gasteiger partial charge in [-0.15, -0.1) is 11.3 Å². The molecule has 1 atom stereocenters. The summed E-state index contributed by atoms with van der Waals surface area (Å²) < 4.78 is 0. The maximum Gasteiger partial charge on any atom is 0.172 e. The van der Waals surface area contributed by atoms with E-state index in [1.54, 1.807) is 6.07 Å². The van der Waals surface area contributed by atoms with E-state index >= 15 is 0 Å². The number of hydrogen-bond donors (Lipinski definition) is 0. The Bertz CT molecular complexity index is 506. The Morgan fingerprint density at radius 3 is 2.48 bits per heavy atom. The second kappa shape index (κ2) is 8.56. The first-order valence-electron chi connectivity index (χ1n) is 6.90. The quantitative estimate of drug-likeness (QED) is 0.588. The van der Waals surface area contributed by atoms with Gasteiger partial charge in [0.05, 0.1) is 4.88 Å². The summed E-state index contributed by atoms with van der Waals surface area (Å²) in [6, 6.07) is 3.60. The van der Waals surface area contributed by atoms with E-state index in [-0.39, 0.29) is 37.4 Å². The van der Waals surface area contributed by atoms with E-state index < -0.39 is 11.9 Å². The summed E-state index contributed by atoms with van der Waals surface area (Å²) >= 11 is 1.39. The first kappa shape index (κ1) is 17.4. The number of aliphatic carboxylic acids is 2. The summed E-state index contributed by atoms with van der Waals surface area (Å²) in [4.78, 5) is 34.2. The van der Waals surface area contributed by atoms with Crippen LogP contribution in [0.25, 0.3) is 0 Å². The van der Waals surface area contributed by atoms with Crippen LogP contribution in [0.2, 0.25) is 0 Å². The Balaban J connectivity index is 2.40. The van der Waals surface area contributed by atoms with Gasteiger partial charge in [-0.25, -0.2) is 0 Å². The molecule has 5 nitrogen and oxygen atoms in total. The maximum absolute atomic E-state index is 11.8. The molecule has 1 aromatic heterocycles. The van der Waals surface area contributed by atoms with E-state index in [2.05, 4.69) is 0 Å². The molecular formula is C15H18O5S-2. The normalized spacial score (nSPS) is 12.0. The number of carbonyl (C=O) groups excluding carboxylic acids is 3. The van der Waals surface area contributed by atoms with Gasteiger partial charge in [0, 0.05) is 23.2 Å². The molecule has 0 amide bonds. The van der Waals surface area contributed by atoms with E-state index in [1.807, 2.05) is 13.0 Å². The van der Waals surface area contributed by atoms with Crippen molar-refractivity contribution in [2.24, 2.45) is 5.92 Å². The van der Waals surface area contributed by atoms with Crippen molar-refractivity contribution >= 4 is 29.1 Å². The predicted octanol–water partition coefficient (Wildman–Crippen LogP) is 0.560. The molecular weight excluding hydrogens is 292 g/mol. The van der Waals surface area contributed by atoms with Crippen LogP contribution < -0.4 is 10.2 Å². The van der Waals surface area contributed by atoms with Gasteiger partial charge in [0.2, 0.25) is 0 Å². The summed E-state index contributed by atoms with van der Waals surface area (Å²) in [5, 5.41) is 20.7. The minimum absolute atomic E-state index is 0.0410. The molecule has 0 aromatic carbocycles. The lowest BCUT2D eigenvalue weighted by Gasteiger charge is -2.10. The maximum atomic E-state index is 11.8. The lowest BCUT2D eigenvalue weighted by atomic mass is 10.0. The van der Waals surface area contributed by atoms with E-state index in [4.69, 9.17) is 0 Å². The van der Waals surface area contributed by atoms with Gasteiger partial charge in [-0.3, -0.25) is 4.79 Å². The molecule has 0 aliphatic heterocycles. The standard InChI is InChI=1S/C15H20O5S/c1-10(9-15(19)20)5-6-11-7-8-13(21-11)12(16)3-2-4-14(17)18/h7-8,10H,2-6,9H2,1H3,(H,17,18)(H,19,20)/p-2/t10-/m1/s1. The Morgan fingerprint density at radius 1 is 1.14 bits per heavy atom. The zero-order valence-corrected chi connectivity index (χ0v) is 12.7. The Hall–Kier alpha value is -1.69. The Labute approximate surface area is 127 Å². The summed E-state index contributed by atoms with van der Waals surface area (Å²) in [5.74, 6) is -2.20. The summed E-state index contributed by atoms with van der Waals surface area (Å²) in [7, 11) is 0. The molecule has 0 saturated carbocycles. The molecule has 1 rings (SSSR count). The summed E-state index contributed by atoms with van der Waals surface area (Å²) in [6.07, 6.45) is 1.88. The fourth-order valence-electron chi connectivity index (χ4n) is 1.95. The summed E-state index contributed by atoms with van der Waals surface area (Å²) in [6.45, 7) is 1.86. The zero-order chi connectivity index (χ0) is 15.8. The lowest BCUT2D eigenvalue weighted by molar-refractivity contribution is -0.307. The largest absolute Gasteiger partial charge is 0.550 e. The number of thiophene rings is 1. The molecule has 0 fully saturated rings. The van der Waals surface area contributed by atoms with Crippen LogP contribution >= 0.6 is 11.3 Å². The zero-order valence-electron chi connectivity index (χ0n) is 11.9. The van der Waals surface area contributed by atoms with Crippen LogP contribution in [0.1, 0.15) is 53.6 Å². The molecule has 1 heterocycles. The molecule has 0 radical (unpaired) electrons. The van der Waals surface area contributed by atoms with Crippen molar-refractivity contribution in [2.75, 3.05) is 0 Å². The highest BCUT2D eigenvalue weighted by atomic mass is 32.1. The van der Waals surface area contributed by atoms with Crippen LogP contribution in [-0.4, -0.2) is 17.7 Å². The number of carboxylic acid groups (broad SMARTS) is 2. The van der Waals surface area contributed by atoms with E-state index in [0.29, 0.717) is 4.88 Å². The monoisotopic (exact) mass is 310 g/mol. The molecule has 0 spiro atoms. The third-order valence-electron chi connectivity index (χ3n) is 3.12. The smallest absolute Gasteiger partial charge is 0.172 e. The first-order valence-corrected chi connectivity index (χ1v) is 7.71. The molecule has 116 valence electrons. The molecule has 0 N–H and O–H groups in total. The van der Waals surface area contributed by atoms with Crippen molar-refractivity contribution in [1.82, 2.24) is 0 Å². The molecule has 0 saturated heterocycles. The van der Waals surface area contributed by atoms with Gasteiger partial charge in [-0.1, -0.05) is 6.92 Å². The fourth-order valence-corrected chi connectivity index (χ4v) is 2.94. The second-order valence-corrected chi connectivity index (χ2v) is 6.30. The van der Waals surface area contributed by atoms with Crippen molar-refractivity contribution in [3.05, 3.63) is 21.9 Å². The molecule has 1 aromatic rings. The molecule has 0 bridgehead atoms. The van der Waals surface area contributed by atoms with Gasteiger partial charge < -0.3 is 19.8 Å². The number of ketones is 1. The van der Waals surface area contributed by atoms with Gasteiger partial charge in [-0.2, -0.15) is 0 Å². The highest BCUT2D eigenvalue weighted by Crippen LogP contribution is 2.22. The number of Topliss-reactive ketones (excluding diaryl/α,β-unsaturated/α-hetero) is 1. The van der Waals surface area contributed by atoms with Crippen molar-refractivity contribution in [3.8, 4) is 0 Å². The minimum Gasteiger partial charge on any atom is -0.550 e. The predicted molar refractivity (Wildman–Crippen MR) is 74.6 cm³/mol. The number of carboxylic acids is 2. The van der Waals surface area contributed by atoms with Gasteiger partial charge in [0.25, 0.3) is 0 Å². The van der Waals surface area contributed by atoms with Crippen molar-refractivity contribution in [2.45, 2.75) is 45.4 Å². The van der Waals surface area contributed by atoms with Crippen LogP contribution in [0.5, 0.6) is 0 Å². The second-order valence-electron chi connectivity index (χ2n) is 5.13. The van der Waals surface area contributed by atoms with Crippen LogP contribution in [0.3, 0.4) is 0 Å². The number of carbonyl (C=O) groups is 3. The summed E-state index contributed by atoms with van der Waals surface area (Å²) in [5.41, 5.74) is 0. The lowest BCUT2D eigenvalue weighted by Crippen LogP contribution is -2.24. The molecule has 0 aliphatic rings. The van der Waals surface area contributed by atoms with E-state index in [9.17, 15) is 24.6 Å². The Morgan fingerprint density at radius 2 is 1.86 bits per heavy atom. The Kier molecular flexibility index (Phi) is 7.08. The number of hydrogen-bond acceptors (Lipinski definition) is 6.